The number of carbonyl (C=O) groups is 1. The number of para-hydroxylation sites is 2. The third-order valence-corrected chi connectivity index (χ3v) is 5.85. The summed E-state index contributed by atoms with van der Waals surface area (Å²) in [7, 11) is -3.67. The highest BCUT2D eigenvalue weighted by Crippen LogP contribution is 2.16. The third-order valence-electron chi connectivity index (χ3n) is 4.25. The van der Waals surface area contributed by atoms with Crippen LogP contribution in [0.25, 0.3) is 11.1 Å². The van der Waals surface area contributed by atoms with Gasteiger partial charge in [0.1, 0.15) is 6.54 Å². The lowest BCUT2D eigenvalue weighted by molar-refractivity contribution is -0.121. The molecule has 1 aromatic heterocycles. The minimum absolute atomic E-state index is 0.0302. The Morgan fingerprint density at radius 3 is 2.64 bits per heavy atom. The molecular weight excluding hydrogens is 382 g/mol. The van der Waals surface area contributed by atoms with Crippen molar-refractivity contribution in [3.05, 3.63) is 64.1 Å². The van der Waals surface area contributed by atoms with Crippen LogP contribution in [-0.2, 0) is 21.4 Å². The second kappa shape index (κ2) is 7.99. The Morgan fingerprint density at radius 1 is 1.11 bits per heavy atom. The highest BCUT2D eigenvalue weighted by molar-refractivity contribution is 7.89. The highest BCUT2D eigenvalue weighted by Gasteiger charge is 2.17. The van der Waals surface area contributed by atoms with Gasteiger partial charge in [0.05, 0.1) is 10.4 Å². The van der Waals surface area contributed by atoms with E-state index in [-0.39, 0.29) is 24.5 Å². The van der Waals surface area contributed by atoms with Gasteiger partial charge in [0.15, 0.2) is 5.58 Å². The van der Waals surface area contributed by atoms with Crippen molar-refractivity contribution in [1.29, 1.82) is 0 Å². The number of carbonyl (C=O) groups excluding carboxylic acids is 1. The van der Waals surface area contributed by atoms with Crippen molar-refractivity contribution in [2.24, 2.45) is 0 Å². The maximum absolute atomic E-state index is 12.4. The van der Waals surface area contributed by atoms with Crippen LogP contribution in [0.4, 0.5) is 0 Å². The van der Waals surface area contributed by atoms with E-state index in [9.17, 15) is 18.0 Å². The summed E-state index contributed by atoms with van der Waals surface area (Å²) >= 11 is 0. The van der Waals surface area contributed by atoms with Gasteiger partial charge in [0.2, 0.25) is 15.9 Å². The monoisotopic (exact) mass is 403 g/mol. The first kappa shape index (κ1) is 19.8. The number of amides is 1. The van der Waals surface area contributed by atoms with Crippen LogP contribution in [0.2, 0.25) is 0 Å². The average Bonchev–Trinajstić information content (AvgIpc) is 2.96. The lowest BCUT2D eigenvalue weighted by Crippen LogP contribution is -2.37. The van der Waals surface area contributed by atoms with Gasteiger partial charge in [-0.3, -0.25) is 9.36 Å². The van der Waals surface area contributed by atoms with Crippen LogP contribution in [0.3, 0.4) is 0 Å². The largest absolute Gasteiger partial charge is 0.420 e. The fraction of sp³-hybridized carbons (Fsp3) is 0.263. The Bertz CT molecular complexity index is 1180. The predicted octanol–water partition coefficient (Wildman–Crippen LogP) is 1.31. The van der Waals surface area contributed by atoms with Crippen LogP contribution < -0.4 is 15.8 Å². The topological polar surface area (TPSA) is 110 Å². The van der Waals surface area contributed by atoms with E-state index in [1.807, 2.05) is 13.0 Å². The van der Waals surface area contributed by atoms with Crippen molar-refractivity contribution in [2.75, 3.05) is 13.1 Å². The lowest BCUT2D eigenvalue weighted by atomic mass is 10.2. The van der Waals surface area contributed by atoms with Crippen molar-refractivity contribution in [3.63, 3.8) is 0 Å². The molecule has 8 nitrogen and oxygen atoms in total. The average molecular weight is 403 g/mol. The summed E-state index contributed by atoms with van der Waals surface area (Å²) in [6, 6.07) is 12.0. The molecule has 28 heavy (non-hydrogen) atoms. The second-order valence-corrected chi connectivity index (χ2v) is 8.17. The van der Waals surface area contributed by atoms with Crippen LogP contribution in [0.15, 0.2) is 56.6 Å². The normalized spacial score (nSPS) is 11.6. The Kier molecular flexibility index (Phi) is 5.66. The molecule has 3 aromatic rings. The molecule has 148 valence electrons. The Hall–Kier alpha value is -2.91. The molecule has 2 N–H and O–H groups in total. The molecule has 9 heteroatoms. The summed E-state index contributed by atoms with van der Waals surface area (Å²) in [4.78, 5) is 24.2. The van der Waals surface area contributed by atoms with Gasteiger partial charge in [-0.15, -0.1) is 0 Å². The van der Waals surface area contributed by atoms with Crippen LogP contribution in [0, 0.1) is 13.8 Å². The van der Waals surface area contributed by atoms with E-state index in [0.29, 0.717) is 16.7 Å². The lowest BCUT2D eigenvalue weighted by Gasteiger charge is -2.11. The summed E-state index contributed by atoms with van der Waals surface area (Å²) in [5, 5.41) is 2.60. The van der Waals surface area contributed by atoms with Crippen LogP contribution in [0.5, 0.6) is 0 Å². The minimum Gasteiger partial charge on any atom is -0.408 e. The van der Waals surface area contributed by atoms with Crippen molar-refractivity contribution in [3.8, 4) is 0 Å². The molecule has 0 fully saturated rings. The molecule has 1 amide bonds. The molecule has 3 rings (SSSR count). The Balaban J connectivity index is 1.56. The fourth-order valence-corrected chi connectivity index (χ4v) is 4.18. The van der Waals surface area contributed by atoms with E-state index in [1.165, 1.54) is 4.57 Å². The van der Waals surface area contributed by atoms with Crippen LogP contribution >= 0.6 is 0 Å². The zero-order valence-electron chi connectivity index (χ0n) is 15.6. The van der Waals surface area contributed by atoms with Gasteiger partial charge in [-0.2, -0.15) is 0 Å². The summed E-state index contributed by atoms with van der Waals surface area (Å²) in [5.41, 5.74) is 2.42. The smallest absolute Gasteiger partial charge is 0.408 e. The van der Waals surface area contributed by atoms with Gasteiger partial charge in [-0.1, -0.05) is 24.3 Å². The molecule has 0 radical (unpaired) electrons. The van der Waals surface area contributed by atoms with Crippen molar-refractivity contribution < 1.29 is 17.6 Å². The molecule has 0 saturated heterocycles. The number of sulfonamides is 1. The number of hydrogen-bond donors (Lipinski definition) is 2. The second-order valence-electron chi connectivity index (χ2n) is 6.44. The maximum atomic E-state index is 12.4. The van der Waals surface area contributed by atoms with E-state index in [4.69, 9.17) is 4.42 Å². The number of oxazole rings is 1. The van der Waals surface area contributed by atoms with E-state index in [0.717, 1.165) is 5.56 Å². The fourth-order valence-electron chi connectivity index (χ4n) is 2.83. The molecule has 0 bridgehead atoms. The number of fused-ring (bicyclic) bond motifs is 1. The molecule has 0 aliphatic rings. The molecule has 1 heterocycles. The predicted molar refractivity (Wildman–Crippen MR) is 105 cm³/mol. The quantitative estimate of drug-likeness (QED) is 0.578. The van der Waals surface area contributed by atoms with Crippen LogP contribution in [-0.4, -0.2) is 32.0 Å². The molecule has 2 aromatic carbocycles. The van der Waals surface area contributed by atoms with Gasteiger partial charge in [0, 0.05) is 13.1 Å². The number of nitrogens with one attached hydrogen (secondary N) is 2. The number of hydrogen-bond acceptors (Lipinski definition) is 5. The van der Waals surface area contributed by atoms with Crippen molar-refractivity contribution >= 4 is 27.0 Å². The first-order chi connectivity index (χ1) is 13.3. The van der Waals surface area contributed by atoms with Crippen LogP contribution in [0.1, 0.15) is 11.1 Å². The molecule has 0 aliphatic heterocycles. The van der Waals surface area contributed by atoms with E-state index < -0.39 is 21.7 Å². The molecule has 0 aliphatic carbocycles. The molecule has 0 saturated carbocycles. The van der Waals surface area contributed by atoms with Gasteiger partial charge < -0.3 is 9.73 Å². The number of benzene rings is 2. The number of aromatic nitrogens is 1. The maximum Gasteiger partial charge on any atom is 0.420 e. The van der Waals surface area contributed by atoms with Crippen molar-refractivity contribution in [2.45, 2.75) is 25.3 Å². The standard InChI is InChI=1S/C19H21N3O5S/c1-13-7-8-14(2)17(11-13)28(25,26)21-10-9-20-18(23)12-22-15-5-3-4-6-16(15)27-19(22)24/h3-8,11,21H,9-10,12H2,1-2H3,(H,20,23). The molecule has 0 spiro atoms. The zero-order valence-corrected chi connectivity index (χ0v) is 16.4. The summed E-state index contributed by atoms with van der Waals surface area (Å²) in [6.45, 7) is 3.46. The third kappa shape index (κ3) is 4.32. The SMILES string of the molecule is Cc1ccc(C)c(S(=O)(=O)NCCNC(=O)Cn2c(=O)oc3ccccc32)c1. The summed E-state index contributed by atoms with van der Waals surface area (Å²) in [5.74, 6) is -1.04. The van der Waals surface area contributed by atoms with Crippen molar-refractivity contribution in [1.82, 2.24) is 14.6 Å². The molecular formula is C19H21N3O5S. The van der Waals surface area contributed by atoms with Gasteiger partial charge >= 0.3 is 5.76 Å². The van der Waals surface area contributed by atoms with Gasteiger partial charge in [-0.25, -0.2) is 17.9 Å². The highest BCUT2D eigenvalue weighted by atomic mass is 32.2. The van der Waals surface area contributed by atoms with Gasteiger partial charge in [0.25, 0.3) is 0 Å². The first-order valence-electron chi connectivity index (χ1n) is 8.70. The summed E-state index contributed by atoms with van der Waals surface area (Å²) < 4.78 is 33.6. The first-order valence-corrected chi connectivity index (χ1v) is 10.2. The van der Waals surface area contributed by atoms with E-state index >= 15 is 0 Å². The van der Waals surface area contributed by atoms with E-state index in [1.54, 1.807) is 43.3 Å². The molecule has 0 atom stereocenters. The van der Waals surface area contributed by atoms with Gasteiger partial charge in [-0.05, 0) is 43.2 Å². The van der Waals surface area contributed by atoms with E-state index in [2.05, 4.69) is 10.0 Å². The zero-order chi connectivity index (χ0) is 20.3. The molecule has 0 unspecified atom stereocenters. The number of nitrogens with zero attached hydrogens (tertiary/aromatic N) is 1. The Morgan fingerprint density at radius 2 is 1.86 bits per heavy atom. The minimum atomic E-state index is -3.67. The number of rotatable bonds is 7. The Labute approximate surface area is 162 Å². The summed E-state index contributed by atoms with van der Waals surface area (Å²) in [6.07, 6.45) is 0. The number of aryl methyl sites for hydroxylation is 2.